The van der Waals surface area contributed by atoms with E-state index in [0.717, 1.165) is 6.42 Å². The third-order valence-corrected chi connectivity index (χ3v) is 4.08. The van der Waals surface area contributed by atoms with Crippen LogP contribution < -0.4 is 0 Å². The van der Waals surface area contributed by atoms with Gasteiger partial charge in [0, 0.05) is 0 Å². The third-order valence-electron chi connectivity index (χ3n) is 4.08. The van der Waals surface area contributed by atoms with E-state index in [4.69, 9.17) is 0 Å². The molecule has 0 aliphatic rings. The van der Waals surface area contributed by atoms with Crippen LogP contribution in [0.5, 0.6) is 0 Å². The quantitative estimate of drug-likeness (QED) is 0.653. The monoisotopic (exact) mass is 266 g/mol. The van der Waals surface area contributed by atoms with E-state index in [1.807, 2.05) is 0 Å². The molecule has 2 rings (SSSR count). The minimum Gasteiger partial charge on any atom is -0.0588 e. The summed E-state index contributed by atoms with van der Waals surface area (Å²) in [6, 6.07) is 16.0. The highest BCUT2D eigenvalue weighted by Crippen LogP contribution is 2.22. The number of rotatable bonds is 4. The van der Waals surface area contributed by atoms with Gasteiger partial charge in [0.15, 0.2) is 0 Å². The first-order chi connectivity index (χ1) is 9.47. The lowest BCUT2D eigenvalue weighted by molar-refractivity contribution is 0.860. The molecule has 0 aromatic heterocycles. The number of aryl methyl sites for hydroxylation is 1. The van der Waals surface area contributed by atoms with Gasteiger partial charge in [0.2, 0.25) is 0 Å². The summed E-state index contributed by atoms with van der Waals surface area (Å²) in [5.74, 6) is 1.20. The molecule has 0 fully saturated rings. The minimum atomic E-state index is 0.595. The van der Waals surface area contributed by atoms with Crippen LogP contribution in [0.2, 0.25) is 0 Å². The average Bonchev–Trinajstić information content (AvgIpc) is 2.41. The van der Waals surface area contributed by atoms with E-state index in [1.54, 1.807) is 0 Å². The summed E-state index contributed by atoms with van der Waals surface area (Å²) < 4.78 is 0. The molecule has 2 aromatic carbocycles. The predicted octanol–water partition coefficient (Wildman–Crippen LogP) is 5.83. The van der Waals surface area contributed by atoms with E-state index in [9.17, 15) is 0 Å². The molecule has 0 heteroatoms. The number of hydrogen-bond donors (Lipinski definition) is 0. The second kappa shape index (κ2) is 6.26. The Morgan fingerprint density at radius 2 is 1.30 bits per heavy atom. The van der Waals surface area contributed by atoms with E-state index in [0.29, 0.717) is 11.8 Å². The van der Waals surface area contributed by atoms with Crippen LogP contribution in [0.25, 0.3) is 0 Å². The summed E-state index contributed by atoms with van der Waals surface area (Å²) in [6.45, 7) is 11.2. The SMILES string of the molecule is Cc1ccc(C(C)C)cc1Cc1ccc(C(C)C)cc1. The average molecular weight is 266 g/mol. The molecule has 0 aliphatic carbocycles. The normalized spacial score (nSPS) is 11.3. The largest absolute Gasteiger partial charge is 0.0588 e. The van der Waals surface area contributed by atoms with Gasteiger partial charge < -0.3 is 0 Å². The summed E-state index contributed by atoms with van der Waals surface area (Å²) in [5.41, 5.74) is 7.10. The van der Waals surface area contributed by atoms with Crippen molar-refractivity contribution in [1.82, 2.24) is 0 Å². The Kier molecular flexibility index (Phi) is 4.65. The lowest BCUT2D eigenvalue weighted by atomic mass is 9.93. The Hall–Kier alpha value is -1.56. The number of hydrogen-bond acceptors (Lipinski definition) is 0. The van der Waals surface area contributed by atoms with Gasteiger partial charge in [0.1, 0.15) is 0 Å². The molecule has 0 N–H and O–H groups in total. The number of benzene rings is 2. The van der Waals surface area contributed by atoms with E-state index in [2.05, 4.69) is 77.1 Å². The van der Waals surface area contributed by atoms with Crippen LogP contribution in [0.1, 0.15) is 67.3 Å². The van der Waals surface area contributed by atoms with Gasteiger partial charge >= 0.3 is 0 Å². The molecule has 0 atom stereocenters. The van der Waals surface area contributed by atoms with Gasteiger partial charge in [-0.25, -0.2) is 0 Å². The molecular weight excluding hydrogens is 240 g/mol. The van der Waals surface area contributed by atoms with Crippen LogP contribution in [-0.4, -0.2) is 0 Å². The molecule has 0 bridgehead atoms. The van der Waals surface area contributed by atoms with Crippen LogP contribution in [0, 0.1) is 6.92 Å². The predicted molar refractivity (Wildman–Crippen MR) is 88.6 cm³/mol. The third kappa shape index (κ3) is 3.50. The Morgan fingerprint density at radius 1 is 0.750 bits per heavy atom. The van der Waals surface area contributed by atoms with Gasteiger partial charge in [-0.3, -0.25) is 0 Å². The van der Waals surface area contributed by atoms with Gasteiger partial charge in [-0.05, 0) is 53.0 Å². The molecule has 0 unspecified atom stereocenters. The van der Waals surface area contributed by atoms with E-state index in [-0.39, 0.29) is 0 Å². The molecule has 0 spiro atoms. The van der Waals surface area contributed by atoms with Gasteiger partial charge in [0.25, 0.3) is 0 Å². The fraction of sp³-hybridized carbons (Fsp3) is 0.400. The second-order valence-electron chi connectivity index (χ2n) is 6.41. The van der Waals surface area contributed by atoms with Crippen molar-refractivity contribution in [2.24, 2.45) is 0 Å². The van der Waals surface area contributed by atoms with Crippen molar-refractivity contribution in [3.63, 3.8) is 0 Å². The van der Waals surface area contributed by atoms with Crippen molar-refractivity contribution in [2.75, 3.05) is 0 Å². The van der Waals surface area contributed by atoms with Gasteiger partial charge in [-0.15, -0.1) is 0 Å². The van der Waals surface area contributed by atoms with Crippen LogP contribution in [0.15, 0.2) is 42.5 Å². The van der Waals surface area contributed by atoms with Gasteiger partial charge in [-0.1, -0.05) is 70.2 Å². The Balaban J connectivity index is 2.23. The molecular formula is C20H26. The molecule has 0 nitrogen and oxygen atoms in total. The molecule has 0 heterocycles. The van der Waals surface area contributed by atoms with Crippen molar-refractivity contribution in [2.45, 2.75) is 52.9 Å². The van der Waals surface area contributed by atoms with Crippen LogP contribution >= 0.6 is 0 Å². The minimum absolute atomic E-state index is 0.595. The summed E-state index contributed by atoms with van der Waals surface area (Å²) in [4.78, 5) is 0. The first-order valence-electron chi connectivity index (χ1n) is 7.65. The standard InChI is InChI=1S/C20H26/c1-14(2)18-10-7-17(8-11-18)12-20-13-19(15(3)4)9-6-16(20)5/h6-11,13-15H,12H2,1-5H3. The summed E-state index contributed by atoms with van der Waals surface area (Å²) in [5, 5.41) is 0. The Morgan fingerprint density at radius 3 is 1.85 bits per heavy atom. The van der Waals surface area contributed by atoms with Crippen molar-refractivity contribution in [3.05, 3.63) is 70.3 Å². The Labute approximate surface area is 123 Å². The second-order valence-corrected chi connectivity index (χ2v) is 6.41. The maximum absolute atomic E-state index is 2.37. The maximum atomic E-state index is 2.37. The smallest absolute Gasteiger partial charge is 0.00230 e. The van der Waals surface area contributed by atoms with Crippen LogP contribution in [-0.2, 0) is 6.42 Å². The van der Waals surface area contributed by atoms with Crippen LogP contribution in [0.3, 0.4) is 0 Å². The maximum Gasteiger partial charge on any atom is -0.00230 e. The van der Waals surface area contributed by atoms with Crippen LogP contribution in [0.4, 0.5) is 0 Å². The first-order valence-corrected chi connectivity index (χ1v) is 7.65. The van der Waals surface area contributed by atoms with Crippen molar-refractivity contribution >= 4 is 0 Å². The lowest BCUT2D eigenvalue weighted by Crippen LogP contribution is -1.96. The molecule has 0 amide bonds. The van der Waals surface area contributed by atoms with Gasteiger partial charge in [0.05, 0.1) is 0 Å². The highest BCUT2D eigenvalue weighted by Gasteiger charge is 2.05. The molecule has 0 saturated heterocycles. The molecule has 106 valence electrons. The zero-order valence-electron chi connectivity index (χ0n) is 13.4. The van der Waals surface area contributed by atoms with Crippen molar-refractivity contribution < 1.29 is 0 Å². The van der Waals surface area contributed by atoms with E-state index >= 15 is 0 Å². The lowest BCUT2D eigenvalue weighted by Gasteiger charge is -2.12. The van der Waals surface area contributed by atoms with E-state index < -0.39 is 0 Å². The molecule has 2 aromatic rings. The first kappa shape index (κ1) is 14.8. The van der Waals surface area contributed by atoms with Crippen molar-refractivity contribution in [3.8, 4) is 0 Å². The topological polar surface area (TPSA) is 0 Å². The zero-order chi connectivity index (χ0) is 14.7. The summed E-state index contributed by atoms with van der Waals surface area (Å²) in [6.07, 6.45) is 1.03. The molecule has 0 aliphatic heterocycles. The fourth-order valence-electron chi connectivity index (χ4n) is 2.48. The van der Waals surface area contributed by atoms with Gasteiger partial charge in [-0.2, -0.15) is 0 Å². The highest BCUT2D eigenvalue weighted by atomic mass is 14.1. The zero-order valence-corrected chi connectivity index (χ0v) is 13.4. The summed E-state index contributed by atoms with van der Waals surface area (Å²) >= 11 is 0. The Bertz CT molecular complexity index is 559. The fourth-order valence-corrected chi connectivity index (χ4v) is 2.48. The molecule has 0 radical (unpaired) electrons. The summed E-state index contributed by atoms with van der Waals surface area (Å²) in [7, 11) is 0. The molecule has 0 saturated carbocycles. The van der Waals surface area contributed by atoms with E-state index in [1.165, 1.54) is 27.8 Å². The molecule has 20 heavy (non-hydrogen) atoms. The highest BCUT2D eigenvalue weighted by molar-refractivity contribution is 5.37. The van der Waals surface area contributed by atoms with Crippen molar-refractivity contribution in [1.29, 1.82) is 0 Å².